The van der Waals surface area contributed by atoms with Crippen LogP contribution in [0.5, 0.6) is 5.75 Å². The molecule has 7 nitrogen and oxygen atoms in total. The van der Waals surface area contributed by atoms with Crippen LogP contribution in [-0.4, -0.2) is 62.7 Å². The molecule has 172 valence electrons. The number of thiophene rings is 1. The second-order valence-corrected chi connectivity index (χ2v) is 8.97. The van der Waals surface area contributed by atoms with Crippen molar-refractivity contribution in [2.45, 2.75) is 37.1 Å². The van der Waals surface area contributed by atoms with E-state index in [-0.39, 0.29) is 0 Å². The van der Waals surface area contributed by atoms with Crippen LogP contribution in [0.1, 0.15) is 11.1 Å². The number of ether oxygens (including phenoxy) is 2. The summed E-state index contributed by atoms with van der Waals surface area (Å²) in [7, 11) is 0. The molecular weight excluding hydrogens is 442 g/mol. The van der Waals surface area contributed by atoms with Gasteiger partial charge in [0.15, 0.2) is 0 Å². The molecule has 0 bridgehead atoms. The van der Waals surface area contributed by atoms with Gasteiger partial charge in [0.25, 0.3) is 0 Å². The molecule has 2 aromatic carbocycles. The zero-order valence-corrected chi connectivity index (χ0v) is 18.5. The molecule has 2 aromatic heterocycles. The van der Waals surface area contributed by atoms with E-state index in [4.69, 9.17) is 9.47 Å². The Morgan fingerprint density at radius 2 is 1.76 bits per heavy atom. The molecule has 1 aliphatic rings. The number of aliphatic hydroxyl groups is 4. The van der Waals surface area contributed by atoms with Gasteiger partial charge in [0.05, 0.1) is 6.61 Å². The Hall–Kier alpha value is -2.72. The van der Waals surface area contributed by atoms with E-state index in [1.54, 1.807) is 17.4 Å². The van der Waals surface area contributed by atoms with Gasteiger partial charge in [0.2, 0.25) is 6.29 Å². The van der Waals surface area contributed by atoms with Gasteiger partial charge in [-0.25, -0.2) is 0 Å². The normalized spacial score (nSPS) is 25.4. The summed E-state index contributed by atoms with van der Waals surface area (Å²) >= 11 is 1.67. The minimum absolute atomic E-state index is 0.475. The molecule has 3 heterocycles. The zero-order chi connectivity index (χ0) is 22.9. The Morgan fingerprint density at radius 3 is 2.48 bits per heavy atom. The first-order valence-electron chi connectivity index (χ1n) is 10.7. The minimum Gasteiger partial charge on any atom is -0.461 e. The maximum Gasteiger partial charge on any atom is 0.229 e. The Bertz CT molecular complexity index is 1200. The van der Waals surface area contributed by atoms with Gasteiger partial charge in [-0.3, -0.25) is 0 Å². The summed E-state index contributed by atoms with van der Waals surface area (Å²) in [5, 5.41) is 44.9. The zero-order valence-electron chi connectivity index (χ0n) is 17.7. The maximum absolute atomic E-state index is 10.4. The van der Waals surface area contributed by atoms with Crippen molar-refractivity contribution in [1.29, 1.82) is 0 Å². The summed E-state index contributed by atoms with van der Waals surface area (Å²) in [6.45, 7) is -0.508. The van der Waals surface area contributed by atoms with Gasteiger partial charge in [-0.05, 0) is 57.6 Å². The average molecular weight is 468 g/mol. The van der Waals surface area contributed by atoms with Crippen LogP contribution in [0.15, 0.2) is 65.5 Å². The molecule has 5 atom stereocenters. The summed E-state index contributed by atoms with van der Waals surface area (Å²) in [6, 6.07) is 16.0. The highest BCUT2D eigenvalue weighted by Gasteiger charge is 2.44. The largest absolute Gasteiger partial charge is 0.461 e. The van der Waals surface area contributed by atoms with Crippen molar-refractivity contribution < 1.29 is 29.9 Å². The van der Waals surface area contributed by atoms with Gasteiger partial charge in [0.1, 0.15) is 30.2 Å². The predicted molar refractivity (Wildman–Crippen MR) is 125 cm³/mol. The van der Waals surface area contributed by atoms with Crippen LogP contribution in [0.2, 0.25) is 0 Å². The number of H-pyrrole nitrogens is 1. The van der Waals surface area contributed by atoms with Crippen molar-refractivity contribution in [2.75, 3.05) is 6.61 Å². The molecule has 5 rings (SSSR count). The molecule has 1 fully saturated rings. The van der Waals surface area contributed by atoms with Crippen molar-refractivity contribution in [3.8, 4) is 16.9 Å². The molecule has 1 aliphatic heterocycles. The SMILES string of the molecule is OC[C@H]1O[C@@H](Oc2cccc3[nH]cc(Cc4ccc(-c5ccsc5)cc4)c23)[C@H](O)[C@@H](O)[C@@H]1O. The Labute approximate surface area is 194 Å². The molecule has 8 heteroatoms. The minimum atomic E-state index is -1.49. The van der Waals surface area contributed by atoms with E-state index in [0.29, 0.717) is 12.2 Å². The molecule has 0 spiro atoms. The van der Waals surface area contributed by atoms with E-state index in [0.717, 1.165) is 22.0 Å². The topological polar surface area (TPSA) is 115 Å². The number of aromatic amines is 1. The number of nitrogens with one attached hydrogen (secondary N) is 1. The van der Waals surface area contributed by atoms with Gasteiger partial charge in [-0.1, -0.05) is 30.3 Å². The van der Waals surface area contributed by atoms with Crippen LogP contribution in [0.25, 0.3) is 22.0 Å². The number of fused-ring (bicyclic) bond motifs is 1. The van der Waals surface area contributed by atoms with Crippen LogP contribution in [0.4, 0.5) is 0 Å². The van der Waals surface area contributed by atoms with Crippen molar-refractivity contribution in [1.82, 2.24) is 4.98 Å². The van der Waals surface area contributed by atoms with Crippen LogP contribution in [-0.2, 0) is 11.2 Å². The number of rotatable bonds is 6. The summed E-state index contributed by atoms with van der Waals surface area (Å²) in [5.41, 5.74) is 5.38. The summed E-state index contributed by atoms with van der Waals surface area (Å²) in [5.74, 6) is 0.475. The number of hydrogen-bond acceptors (Lipinski definition) is 7. The first kappa shape index (κ1) is 22.1. The Morgan fingerprint density at radius 1 is 0.939 bits per heavy atom. The quantitative estimate of drug-likeness (QED) is 0.298. The van der Waals surface area contributed by atoms with Crippen molar-refractivity contribution >= 4 is 22.2 Å². The highest BCUT2D eigenvalue weighted by molar-refractivity contribution is 7.08. The fourth-order valence-electron chi connectivity index (χ4n) is 4.21. The smallest absolute Gasteiger partial charge is 0.229 e. The highest BCUT2D eigenvalue weighted by atomic mass is 32.1. The third-order valence-corrected chi connectivity index (χ3v) is 6.73. The second kappa shape index (κ2) is 9.26. The van der Waals surface area contributed by atoms with E-state index in [1.165, 1.54) is 11.1 Å². The molecule has 0 aliphatic carbocycles. The Kier molecular flexibility index (Phi) is 6.20. The lowest BCUT2D eigenvalue weighted by molar-refractivity contribution is -0.277. The number of benzene rings is 2. The van der Waals surface area contributed by atoms with Crippen molar-refractivity contribution in [3.63, 3.8) is 0 Å². The number of hydrogen-bond donors (Lipinski definition) is 5. The van der Waals surface area contributed by atoms with Crippen LogP contribution < -0.4 is 4.74 Å². The third-order valence-electron chi connectivity index (χ3n) is 6.04. The van der Waals surface area contributed by atoms with Crippen LogP contribution in [0.3, 0.4) is 0 Å². The number of aliphatic hydroxyl groups excluding tert-OH is 4. The molecule has 5 N–H and O–H groups in total. The van der Waals surface area contributed by atoms with E-state index in [9.17, 15) is 20.4 Å². The lowest BCUT2D eigenvalue weighted by Crippen LogP contribution is -2.60. The van der Waals surface area contributed by atoms with E-state index in [2.05, 4.69) is 46.1 Å². The third kappa shape index (κ3) is 4.29. The molecule has 0 amide bonds. The summed E-state index contributed by atoms with van der Waals surface area (Å²) in [4.78, 5) is 3.26. The molecule has 1 saturated heterocycles. The maximum atomic E-state index is 10.4. The lowest BCUT2D eigenvalue weighted by atomic mass is 9.99. The van der Waals surface area contributed by atoms with Gasteiger partial charge in [0, 0.05) is 17.1 Å². The second-order valence-electron chi connectivity index (χ2n) is 8.19. The fourth-order valence-corrected chi connectivity index (χ4v) is 4.88. The first-order chi connectivity index (χ1) is 16.0. The molecule has 0 unspecified atom stereocenters. The summed E-state index contributed by atoms with van der Waals surface area (Å²) < 4.78 is 11.5. The number of aromatic nitrogens is 1. The fraction of sp³-hybridized carbons (Fsp3) is 0.280. The predicted octanol–water partition coefficient (Wildman–Crippen LogP) is 2.67. The van der Waals surface area contributed by atoms with Crippen molar-refractivity contribution in [2.24, 2.45) is 0 Å². The van der Waals surface area contributed by atoms with Gasteiger partial charge in [-0.2, -0.15) is 11.3 Å². The monoisotopic (exact) mass is 467 g/mol. The van der Waals surface area contributed by atoms with E-state index in [1.807, 2.05) is 18.3 Å². The van der Waals surface area contributed by atoms with Crippen molar-refractivity contribution in [3.05, 3.63) is 76.6 Å². The standard InChI is InChI=1S/C25H25NO6S/c27-12-20-22(28)23(29)24(30)25(32-20)31-19-3-1-2-18-21(19)17(11-26-18)10-14-4-6-15(7-5-14)16-8-9-33-13-16/h1-9,11,13,20,22-30H,10,12H2/t20-,22-,23+,24-,25-/m1/s1. The van der Waals surface area contributed by atoms with Crippen LogP contribution >= 0.6 is 11.3 Å². The highest BCUT2D eigenvalue weighted by Crippen LogP contribution is 2.33. The van der Waals surface area contributed by atoms with Gasteiger partial charge >= 0.3 is 0 Å². The molecule has 0 radical (unpaired) electrons. The molecule has 33 heavy (non-hydrogen) atoms. The van der Waals surface area contributed by atoms with E-state index >= 15 is 0 Å². The lowest BCUT2D eigenvalue weighted by Gasteiger charge is -2.39. The molecule has 0 saturated carbocycles. The average Bonchev–Trinajstić information content (AvgIpc) is 3.51. The first-order valence-corrected chi connectivity index (χ1v) is 11.7. The van der Waals surface area contributed by atoms with Gasteiger partial charge < -0.3 is 34.9 Å². The molecule has 4 aromatic rings. The van der Waals surface area contributed by atoms with E-state index < -0.39 is 37.3 Å². The van der Waals surface area contributed by atoms with Crippen LogP contribution in [0, 0.1) is 0 Å². The summed E-state index contributed by atoms with van der Waals surface area (Å²) in [6.07, 6.45) is -4.06. The Balaban J connectivity index is 1.41. The molecular formula is C25H25NO6S. The van der Waals surface area contributed by atoms with Gasteiger partial charge in [-0.15, -0.1) is 0 Å².